The van der Waals surface area contributed by atoms with Gasteiger partial charge in [0, 0.05) is 29.9 Å². The molecule has 3 nitrogen and oxygen atoms in total. The van der Waals surface area contributed by atoms with E-state index < -0.39 is 0 Å². The third-order valence-electron chi connectivity index (χ3n) is 3.28. The third-order valence-corrected chi connectivity index (χ3v) is 4.00. The molecule has 0 fully saturated rings. The lowest BCUT2D eigenvalue weighted by Gasteiger charge is -2.25. The van der Waals surface area contributed by atoms with Crippen molar-refractivity contribution < 1.29 is 4.42 Å². The second kappa shape index (κ2) is 8.67. The fourth-order valence-electron chi connectivity index (χ4n) is 2.05. The van der Waals surface area contributed by atoms with E-state index in [0.29, 0.717) is 12.1 Å². The summed E-state index contributed by atoms with van der Waals surface area (Å²) in [4.78, 5) is 2.38. The summed E-state index contributed by atoms with van der Waals surface area (Å²) >= 11 is 1.91. The largest absolute Gasteiger partial charge is 0.468 e. The van der Waals surface area contributed by atoms with Crippen LogP contribution in [-0.4, -0.2) is 36.0 Å². The Balaban J connectivity index is 2.47. The predicted molar refractivity (Wildman–Crippen MR) is 84.6 cm³/mol. The molecule has 0 aliphatic rings. The van der Waals surface area contributed by atoms with Gasteiger partial charge in [0.15, 0.2) is 0 Å². The second-order valence-electron chi connectivity index (χ2n) is 5.39. The van der Waals surface area contributed by atoms with E-state index in [9.17, 15) is 0 Å². The molecule has 0 bridgehead atoms. The summed E-state index contributed by atoms with van der Waals surface area (Å²) in [6.07, 6.45) is 5.22. The van der Waals surface area contributed by atoms with Crippen molar-refractivity contribution in [1.82, 2.24) is 10.2 Å². The molecule has 0 amide bonds. The molecule has 0 saturated carbocycles. The summed E-state index contributed by atoms with van der Waals surface area (Å²) in [6, 6.07) is 3.29. The molecule has 1 heterocycles. The van der Waals surface area contributed by atoms with E-state index in [-0.39, 0.29) is 0 Å². The van der Waals surface area contributed by atoms with Gasteiger partial charge in [0.1, 0.15) is 5.76 Å². The lowest BCUT2D eigenvalue weighted by molar-refractivity contribution is 0.228. The van der Waals surface area contributed by atoms with Crippen LogP contribution in [0.15, 0.2) is 16.7 Å². The molecule has 0 aliphatic carbocycles. The average Bonchev–Trinajstić information content (AvgIpc) is 2.81. The van der Waals surface area contributed by atoms with Crippen LogP contribution in [0.5, 0.6) is 0 Å². The lowest BCUT2D eigenvalue weighted by Crippen LogP contribution is -2.32. The van der Waals surface area contributed by atoms with Crippen molar-refractivity contribution in [3.8, 4) is 0 Å². The Bertz CT molecular complexity index is 352. The van der Waals surface area contributed by atoms with Crippen molar-refractivity contribution in [2.75, 3.05) is 19.1 Å². The maximum Gasteiger partial charge on any atom is 0.118 e. The van der Waals surface area contributed by atoms with E-state index in [1.165, 1.54) is 17.7 Å². The van der Waals surface area contributed by atoms with Gasteiger partial charge in [-0.15, -0.1) is 0 Å². The molecule has 0 aliphatic heterocycles. The molecule has 1 N–H and O–H groups in total. The van der Waals surface area contributed by atoms with E-state index >= 15 is 0 Å². The third kappa shape index (κ3) is 6.02. The molecule has 0 aromatic carbocycles. The maximum atomic E-state index is 5.65. The van der Waals surface area contributed by atoms with Crippen LogP contribution in [0.4, 0.5) is 0 Å². The van der Waals surface area contributed by atoms with E-state index in [0.717, 1.165) is 18.8 Å². The van der Waals surface area contributed by atoms with Crippen molar-refractivity contribution in [3.63, 3.8) is 0 Å². The molecule has 0 saturated heterocycles. The molecule has 1 atom stereocenters. The van der Waals surface area contributed by atoms with E-state index in [4.69, 9.17) is 4.42 Å². The van der Waals surface area contributed by atoms with Gasteiger partial charge in [-0.25, -0.2) is 0 Å². The summed E-state index contributed by atoms with van der Waals surface area (Å²) in [6.45, 7) is 8.33. The fraction of sp³-hybridized carbons (Fsp3) is 0.733. The number of hydrogen-bond acceptors (Lipinski definition) is 4. The molecule has 110 valence electrons. The zero-order valence-corrected chi connectivity index (χ0v) is 13.7. The molecule has 19 heavy (non-hydrogen) atoms. The van der Waals surface area contributed by atoms with Gasteiger partial charge in [-0.05, 0) is 25.8 Å². The van der Waals surface area contributed by atoms with Crippen molar-refractivity contribution in [3.05, 3.63) is 23.7 Å². The Labute approximate surface area is 122 Å². The molecule has 1 unspecified atom stereocenters. The fourth-order valence-corrected chi connectivity index (χ4v) is 2.92. The highest BCUT2D eigenvalue weighted by atomic mass is 32.2. The van der Waals surface area contributed by atoms with Crippen molar-refractivity contribution >= 4 is 11.8 Å². The molecule has 0 radical (unpaired) electrons. The lowest BCUT2D eigenvalue weighted by atomic mass is 10.2. The summed E-state index contributed by atoms with van der Waals surface area (Å²) in [5.41, 5.74) is 1.23. The van der Waals surface area contributed by atoms with Crippen LogP contribution in [0, 0.1) is 0 Å². The van der Waals surface area contributed by atoms with Gasteiger partial charge in [-0.1, -0.05) is 20.8 Å². The SMILES string of the molecule is CCC(CSC)N(C)Cc1cc(CNC(C)C)co1. The van der Waals surface area contributed by atoms with Gasteiger partial charge in [-0.3, -0.25) is 4.90 Å². The second-order valence-corrected chi connectivity index (χ2v) is 6.30. The molecule has 1 aromatic heterocycles. The number of nitrogens with zero attached hydrogens (tertiary/aromatic N) is 1. The van der Waals surface area contributed by atoms with Crippen LogP contribution >= 0.6 is 11.8 Å². The number of thioether (sulfide) groups is 1. The minimum Gasteiger partial charge on any atom is -0.468 e. The Morgan fingerprint density at radius 2 is 2.16 bits per heavy atom. The first kappa shape index (κ1) is 16.6. The van der Waals surface area contributed by atoms with E-state index in [1.807, 2.05) is 18.0 Å². The highest BCUT2D eigenvalue weighted by Gasteiger charge is 2.14. The zero-order valence-electron chi connectivity index (χ0n) is 12.9. The van der Waals surface area contributed by atoms with E-state index in [1.54, 1.807) is 0 Å². The number of rotatable bonds is 9. The molecule has 4 heteroatoms. The van der Waals surface area contributed by atoms with Crippen molar-refractivity contribution in [2.24, 2.45) is 0 Å². The van der Waals surface area contributed by atoms with Crippen LogP contribution in [0.3, 0.4) is 0 Å². The standard InChI is InChI=1S/C15H28N2OS/c1-6-14(11-19-5)17(4)9-15-7-13(10-18-15)8-16-12(2)3/h7,10,12,14,16H,6,8-9,11H2,1-5H3. The molecule has 1 rings (SSSR count). The summed E-state index contributed by atoms with van der Waals surface area (Å²) in [5, 5.41) is 3.41. The first-order valence-electron chi connectivity index (χ1n) is 7.05. The van der Waals surface area contributed by atoms with Crippen molar-refractivity contribution in [2.45, 2.75) is 52.4 Å². The summed E-state index contributed by atoms with van der Waals surface area (Å²) in [7, 11) is 2.18. The quantitative estimate of drug-likeness (QED) is 0.753. The topological polar surface area (TPSA) is 28.4 Å². The number of hydrogen-bond donors (Lipinski definition) is 1. The minimum absolute atomic E-state index is 0.507. The highest BCUT2D eigenvalue weighted by Crippen LogP contribution is 2.14. The Morgan fingerprint density at radius 3 is 2.74 bits per heavy atom. The Kier molecular flexibility index (Phi) is 7.57. The molecule has 1 aromatic rings. The molecular weight excluding hydrogens is 256 g/mol. The summed E-state index contributed by atoms with van der Waals surface area (Å²) in [5.74, 6) is 2.23. The zero-order chi connectivity index (χ0) is 14.3. The van der Waals surface area contributed by atoms with Crippen LogP contribution in [0.2, 0.25) is 0 Å². The number of nitrogens with one attached hydrogen (secondary N) is 1. The maximum absolute atomic E-state index is 5.65. The van der Waals surface area contributed by atoms with Gasteiger partial charge in [0.25, 0.3) is 0 Å². The molecular formula is C15H28N2OS. The Morgan fingerprint density at radius 1 is 1.42 bits per heavy atom. The van der Waals surface area contributed by atoms with Gasteiger partial charge in [0.2, 0.25) is 0 Å². The van der Waals surface area contributed by atoms with Crippen LogP contribution < -0.4 is 5.32 Å². The normalized spacial score (nSPS) is 13.4. The van der Waals surface area contributed by atoms with Gasteiger partial charge in [0.05, 0.1) is 12.8 Å². The number of furan rings is 1. The van der Waals surface area contributed by atoms with Crippen LogP contribution in [-0.2, 0) is 13.1 Å². The smallest absolute Gasteiger partial charge is 0.118 e. The highest BCUT2D eigenvalue weighted by molar-refractivity contribution is 7.98. The Hall–Kier alpha value is -0.450. The predicted octanol–water partition coefficient (Wildman–Crippen LogP) is 3.35. The van der Waals surface area contributed by atoms with Crippen LogP contribution in [0.25, 0.3) is 0 Å². The van der Waals surface area contributed by atoms with E-state index in [2.05, 4.69) is 50.4 Å². The van der Waals surface area contributed by atoms with Crippen LogP contribution in [0.1, 0.15) is 38.5 Å². The first-order chi connectivity index (χ1) is 9.06. The summed E-state index contributed by atoms with van der Waals surface area (Å²) < 4.78 is 5.65. The van der Waals surface area contributed by atoms with Gasteiger partial charge >= 0.3 is 0 Å². The monoisotopic (exact) mass is 284 g/mol. The molecule has 0 spiro atoms. The van der Waals surface area contributed by atoms with Gasteiger partial charge < -0.3 is 9.73 Å². The average molecular weight is 284 g/mol. The first-order valence-corrected chi connectivity index (χ1v) is 8.45. The minimum atomic E-state index is 0.507. The van der Waals surface area contributed by atoms with Crippen molar-refractivity contribution in [1.29, 1.82) is 0 Å². The van der Waals surface area contributed by atoms with Gasteiger partial charge in [-0.2, -0.15) is 11.8 Å².